The molecular weight excluding hydrogens is 679 g/mol. The summed E-state index contributed by atoms with van der Waals surface area (Å²) >= 11 is 0. The Balaban J connectivity index is 1.15. The summed E-state index contributed by atoms with van der Waals surface area (Å²) in [4.78, 5) is 9.59. The number of rotatable bonds is 5. The Morgan fingerprint density at radius 2 is 0.946 bits per heavy atom. The van der Waals surface area contributed by atoms with Crippen LogP contribution in [-0.4, -0.2) is 12.0 Å². The molecule has 9 aromatic carbocycles. The molecule has 1 aliphatic rings. The smallest absolute Gasteiger partial charge is 0.150 e. The molecule has 0 fully saturated rings. The van der Waals surface area contributed by atoms with Crippen molar-refractivity contribution in [2.75, 3.05) is 16.8 Å². The lowest BCUT2D eigenvalue weighted by molar-refractivity contribution is 0.695. The third-order valence-corrected chi connectivity index (χ3v) is 11.6. The first kappa shape index (κ1) is 32.2. The lowest BCUT2D eigenvalue weighted by Gasteiger charge is -2.30. The van der Waals surface area contributed by atoms with Gasteiger partial charge in [-0.25, -0.2) is 0 Å². The van der Waals surface area contributed by atoms with Crippen LogP contribution in [0.15, 0.2) is 200 Å². The van der Waals surface area contributed by atoms with Crippen molar-refractivity contribution in [1.29, 1.82) is 0 Å². The first-order valence-electron chi connectivity index (χ1n) is 19.3. The van der Waals surface area contributed by atoms with Gasteiger partial charge in [-0.05, 0) is 131 Å². The summed E-state index contributed by atoms with van der Waals surface area (Å²) in [5.74, 6) is 0. The van der Waals surface area contributed by atoms with Gasteiger partial charge < -0.3 is 9.80 Å². The van der Waals surface area contributed by atoms with Crippen LogP contribution in [0.5, 0.6) is 0 Å². The molecule has 0 bridgehead atoms. The molecule has 1 unspecified atom stereocenters. The van der Waals surface area contributed by atoms with Crippen LogP contribution in [-0.2, 0) is 0 Å². The number of hydrogen-bond donors (Lipinski definition) is 0. The number of anilines is 3. The summed E-state index contributed by atoms with van der Waals surface area (Å²) in [7, 11) is 2.16. The van der Waals surface area contributed by atoms with E-state index in [-0.39, 0.29) is 6.17 Å². The predicted molar refractivity (Wildman–Crippen MR) is 237 cm³/mol. The predicted octanol–water partition coefficient (Wildman–Crippen LogP) is 14.0. The van der Waals surface area contributed by atoms with Crippen molar-refractivity contribution in [2.24, 2.45) is 0 Å². The molecule has 264 valence electrons. The number of aromatic nitrogens is 1. The van der Waals surface area contributed by atoms with Gasteiger partial charge in [0.1, 0.15) is 6.17 Å². The first-order chi connectivity index (χ1) is 27.7. The Kier molecular flexibility index (Phi) is 7.46. The maximum atomic E-state index is 4.83. The van der Waals surface area contributed by atoms with Gasteiger partial charge in [-0.15, -0.1) is 0 Å². The summed E-state index contributed by atoms with van der Waals surface area (Å²) in [6.07, 6.45) is 1.81. The number of nitrogens with zero attached hydrogens (tertiary/aromatic N) is 3. The topological polar surface area (TPSA) is 19.4 Å². The Bertz CT molecular complexity index is 3130. The van der Waals surface area contributed by atoms with Crippen LogP contribution in [0.2, 0.25) is 0 Å². The van der Waals surface area contributed by atoms with E-state index in [0.29, 0.717) is 0 Å². The zero-order valence-corrected chi connectivity index (χ0v) is 31.0. The average Bonchev–Trinajstić information content (AvgIpc) is 3.57. The molecule has 1 aliphatic heterocycles. The standard InChI is InChI=1S/C53H37N3/c1-55-49-22-8-9-23-50(49)56(53(55)48-21-10-11-30-54-48)43-18-12-17-39(33-43)40-28-29-46-47(34-40)52(42-27-25-36-14-3-5-16-38(36)32-42)45-20-7-6-19-44(45)51(46)41-26-24-35-13-2-4-15-37(35)31-41/h2-34,53H,1H3. The second-order valence-electron chi connectivity index (χ2n) is 14.8. The van der Waals surface area contributed by atoms with E-state index in [1.807, 2.05) is 12.3 Å². The van der Waals surface area contributed by atoms with Gasteiger partial charge in [0, 0.05) is 18.9 Å². The molecule has 11 rings (SSSR count). The van der Waals surface area contributed by atoms with Crippen LogP contribution in [0, 0.1) is 0 Å². The van der Waals surface area contributed by atoms with Crippen LogP contribution < -0.4 is 9.80 Å². The summed E-state index contributed by atoms with van der Waals surface area (Å²) in [6, 6.07) is 71.0. The Labute approximate surface area is 326 Å². The van der Waals surface area contributed by atoms with Crippen LogP contribution in [0.1, 0.15) is 11.9 Å². The largest absolute Gasteiger partial charge is 0.347 e. The van der Waals surface area contributed by atoms with Crippen molar-refractivity contribution in [3.63, 3.8) is 0 Å². The van der Waals surface area contributed by atoms with Crippen LogP contribution in [0.25, 0.3) is 76.5 Å². The van der Waals surface area contributed by atoms with Gasteiger partial charge in [0.25, 0.3) is 0 Å². The SMILES string of the molecule is CN1c2ccccc2N(c2cccc(-c3ccc4c(-c5ccc6ccccc6c5)c5ccccc5c(-c5ccc6ccccc6c5)c4c3)c2)C1c1ccccn1. The number of fused-ring (bicyclic) bond motifs is 5. The Morgan fingerprint density at radius 1 is 0.393 bits per heavy atom. The molecule has 0 radical (unpaired) electrons. The summed E-state index contributed by atoms with van der Waals surface area (Å²) < 4.78 is 0. The molecular formula is C53H37N3. The third-order valence-electron chi connectivity index (χ3n) is 11.6. The van der Waals surface area contributed by atoms with Gasteiger partial charge in [-0.1, -0.05) is 140 Å². The normalized spacial score (nSPS) is 13.9. The molecule has 0 saturated carbocycles. The Hall–Kier alpha value is -7.23. The van der Waals surface area contributed by atoms with Crippen LogP contribution in [0.4, 0.5) is 17.1 Å². The average molecular weight is 716 g/mol. The molecule has 56 heavy (non-hydrogen) atoms. The fourth-order valence-electron chi connectivity index (χ4n) is 9.05. The summed E-state index contributed by atoms with van der Waals surface area (Å²) in [5, 5.41) is 9.96. The minimum absolute atomic E-state index is 0.0733. The Morgan fingerprint density at radius 3 is 1.62 bits per heavy atom. The van der Waals surface area contributed by atoms with Gasteiger partial charge in [0.2, 0.25) is 0 Å². The van der Waals surface area contributed by atoms with E-state index in [0.717, 1.165) is 11.4 Å². The molecule has 0 spiro atoms. The van der Waals surface area contributed by atoms with Crippen molar-refractivity contribution in [2.45, 2.75) is 6.17 Å². The number of hydrogen-bond acceptors (Lipinski definition) is 3. The van der Waals surface area contributed by atoms with E-state index in [1.165, 1.54) is 87.8 Å². The molecule has 3 nitrogen and oxygen atoms in total. The second-order valence-corrected chi connectivity index (χ2v) is 14.8. The number of benzene rings is 9. The quantitative estimate of drug-likeness (QED) is 0.165. The highest BCUT2D eigenvalue weighted by atomic mass is 15.4. The third kappa shape index (κ3) is 5.16. The van der Waals surface area contributed by atoms with Gasteiger partial charge in [-0.3, -0.25) is 4.98 Å². The van der Waals surface area contributed by atoms with Crippen LogP contribution in [0.3, 0.4) is 0 Å². The highest BCUT2D eigenvalue weighted by Crippen LogP contribution is 2.50. The van der Waals surface area contributed by atoms with E-state index in [9.17, 15) is 0 Å². The zero-order valence-electron chi connectivity index (χ0n) is 31.0. The van der Waals surface area contributed by atoms with Gasteiger partial charge in [0.15, 0.2) is 0 Å². The van der Waals surface area contributed by atoms with Crippen molar-refractivity contribution >= 4 is 60.2 Å². The minimum Gasteiger partial charge on any atom is -0.347 e. The van der Waals surface area contributed by atoms with E-state index in [4.69, 9.17) is 4.98 Å². The molecule has 0 aliphatic carbocycles. The lowest BCUT2D eigenvalue weighted by atomic mass is 9.84. The molecule has 0 saturated heterocycles. The summed E-state index contributed by atoms with van der Waals surface area (Å²) in [6.45, 7) is 0. The highest BCUT2D eigenvalue weighted by molar-refractivity contribution is 6.22. The zero-order chi connectivity index (χ0) is 37.2. The maximum Gasteiger partial charge on any atom is 0.150 e. The van der Waals surface area contributed by atoms with Crippen molar-refractivity contribution < 1.29 is 0 Å². The van der Waals surface area contributed by atoms with Gasteiger partial charge in [0.05, 0.1) is 17.1 Å². The van der Waals surface area contributed by atoms with Gasteiger partial charge >= 0.3 is 0 Å². The van der Waals surface area contributed by atoms with Crippen molar-refractivity contribution in [1.82, 2.24) is 4.98 Å². The maximum absolute atomic E-state index is 4.83. The molecule has 10 aromatic rings. The molecule has 0 N–H and O–H groups in total. The van der Waals surface area contributed by atoms with E-state index in [2.05, 4.69) is 205 Å². The lowest BCUT2D eigenvalue weighted by Crippen LogP contribution is -2.31. The van der Waals surface area contributed by atoms with Crippen LogP contribution >= 0.6 is 0 Å². The fourth-order valence-corrected chi connectivity index (χ4v) is 9.05. The monoisotopic (exact) mass is 715 g/mol. The van der Waals surface area contributed by atoms with E-state index < -0.39 is 0 Å². The minimum atomic E-state index is -0.0733. The van der Waals surface area contributed by atoms with E-state index >= 15 is 0 Å². The van der Waals surface area contributed by atoms with Gasteiger partial charge in [-0.2, -0.15) is 0 Å². The second kappa shape index (κ2) is 13.0. The number of para-hydroxylation sites is 2. The number of pyridine rings is 1. The highest BCUT2D eigenvalue weighted by Gasteiger charge is 2.36. The van der Waals surface area contributed by atoms with Crippen molar-refractivity contribution in [3.05, 3.63) is 206 Å². The molecule has 3 heteroatoms. The summed E-state index contributed by atoms with van der Waals surface area (Å²) in [5.41, 5.74) is 11.8. The van der Waals surface area contributed by atoms with Crippen molar-refractivity contribution in [3.8, 4) is 33.4 Å². The van der Waals surface area contributed by atoms with E-state index in [1.54, 1.807) is 0 Å². The molecule has 2 heterocycles. The molecule has 1 atom stereocenters. The molecule has 1 aromatic heterocycles. The first-order valence-corrected chi connectivity index (χ1v) is 19.3. The fraction of sp³-hybridized carbons (Fsp3) is 0.0377. The molecule has 0 amide bonds.